The third-order valence-corrected chi connectivity index (χ3v) is 5.97. The van der Waals surface area contributed by atoms with Crippen molar-refractivity contribution >= 4 is 28.6 Å². The molecular formula is C20H17N3OS2. The van der Waals surface area contributed by atoms with Gasteiger partial charge in [0.2, 0.25) is 0 Å². The number of hydrogen-bond acceptors (Lipinski definition) is 5. The minimum atomic E-state index is -0.0648. The van der Waals surface area contributed by atoms with Crippen LogP contribution in [-0.2, 0) is 6.54 Å². The Balaban J connectivity index is 1.87. The number of amides is 1. The van der Waals surface area contributed by atoms with Gasteiger partial charge in [-0.2, -0.15) is 5.26 Å². The smallest absolute Gasteiger partial charge is 0.266 e. The normalized spacial score (nSPS) is 10.3. The van der Waals surface area contributed by atoms with Gasteiger partial charge >= 0.3 is 0 Å². The monoisotopic (exact) mass is 379 g/mol. The van der Waals surface area contributed by atoms with E-state index in [4.69, 9.17) is 5.26 Å². The van der Waals surface area contributed by atoms with Crippen LogP contribution in [0.2, 0.25) is 0 Å². The van der Waals surface area contributed by atoms with Gasteiger partial charge in [-0.05, 0) is 36.1 Å². The van der Waals surface area contributed by atoms with Crippen molar-refractivity contribution in [2.75, 3.05) is 6.54 Å². The van der Waals surface area contributed by atoms with Gasteiger partial charge in [-0.3, -0.25) is 4.79 Å². The molecule has 0 fully saturated rings. The number of thiophene rings is 1. The molecular weight excluding hydrogens is 362 g/mol. The van der Waals surface area contributed by atoms with Gasteiger partial charge in [-0.1, -0.05) is 24.3 Å². The van der Waals surface area contributed by atoms with Gasteiger partial charge in [0.15, 0.2) is 0 Å². The highest BCUT2D eigenvalue weighted by Crippen LogP contribution is 2.32. The minimum absolute atomic E-state index is 0.0648. The standard InChI is InChI=1S/C20H17N3OS2/c1-3-9-23(13-16-7-4-6-15(11-16)12-21)20(24)18-14(2)22-19(26-18)17-8-5-10-25-17/h3-8,10-11H,1,9,13H2,2H3. The Labute approximate surface area is 160 Å². The van der Waals surface area contributed by atoms with Crippen molar-refractivity contribution in [1.82, 2.24) is 9.88 Å². The first kappa shape index (κ1) is 18.1. The predicted octanol–water partition coefficient (Wildman–Crippen LogP) is 4.88. The van der Waals surface area contributed by atoms with Crippen molar-refractivity contribution in [3.05, 3.63) is 76.1 Å². The first-order chi connectivity index (χ1) is 12.6. The van der Waals surface area contributed by atoms with Crippen molar-refractivity contribution in [3.63, 3.8) is 0 Å². The number of benzene rings is 1. The summed E-state index contributed by atoms with van der Waals surface area (Å²) in [7, 11) is 0. The molecule has 4 nitrogen and oxygen atoms in total. The molecule has 0 radical (unpaired) electrons. The Morgan fingerprint density at radius 3 is 2.92 bits per heavy atom. The molecule has 3 aromatic rings. The number of aromatic nitrogens is 1. The second kappa shape index (κ2) is 8.09. The fourth-order valence-corrected chi connectivity index (χ4v) is 4.41. The lowest BCUT2D eigenvalue weighted by Crippen LogP contribution is -2.30. The molecule has 1 aromatic carbocycles. The Kier molecular flexibility index (Phi) is 5.61. The van der Waals surface area contributed by atoms with Crippen LogP contribution in [0.1, 0.15) is 26.5 Å². The zero-order chi connectivity index (χ0) is 18.5. The summed E-state index contributed by atoms with van der Waals surface area (Å²) in [6, 6.07) is 13.4. The lowest BCUT2D eigenvalue weighted by molar-refractivity contribution is 0.0766. The number of nitrogens with zero attached hydrogens (tertiary/aromatic N) is 3. The van der Waals surface area contributed by atoms with Gasteiger partial charge < -0.3 is 4.90 Å². The van der Waals surface area contributed by atoms with Crippen LogP contribution in [0.25, 0.3) is 9.88 Å². The van der Waals surface area contributed by atoms with E-state index >= 15 is 0 Å². The molecule has 0 aliphatic rings. The van der Waals surface area contributed by atoms with Crippen LogP contribution < -0.4 is 0 Å². The number of aryl methyl sites for hydroxylation is 1. The number of rotatable bonds is 6. The van der Waals surface area contributed by atoms with Gasteiger partial charge in [0.25, 0.3) is 5.91 Å². The summed E-state index contributed by atoms with van der Waals surface area (Å²) in [4.78, 5) is 21.1. The summed E-state index contributed by atoms with van der Waals surface area (Å²) in [6.45, 7) is 6.48. The quantitative estimate of drug-likeness (QED) is 0.574. The molecule has 3 rings (SSSR count). The lowest BCUT2D eigenvalue weighted by Gasteiger charge is -2.21. The Morgan fingerprint density at radius 1 is 1.38 bits per heavy atom. The fraction of sp³-hybridized carbons (Fsp3) is 0.150. The second-order valence-corrected chi connectivity index (χ2v) is 7.64. The highest BCUT2D eigenvalue weighted by molar-refractivity contribution is 7.22. The summed E-state index contributed by atoms with van der Waals surface area (Å²) in [5, 5.41) is 11.9. The first-order valence-electron chi connectivity index (χ1n) is 8.03. The molecule has 0 unspecified atom stereocenters. The summed E-state index contributed by atoms with van der Waals surface area (Å²) in [6.07, 6.45) is 1.71. The van der Waals surface area contributed by atoms with Gasteiger partial charge in [0.1, 0.15) is 9.88 Å². The van der Waals surface area contributed by atoms with Crippen molar-refractivity contribution in [2.24, 2.45) is 0 Å². The average molecular weight is 380 g/mol. The average Bonchev–Trinajstić information content (AvgIpc) is 3.30. The van der Waals surface area contributed by atoms with Crippen LogP contribution in [0.5, 0.6) is 0 Å². The molecule has 2 aromatic heterocycles. The van der Waals surface area contributed by atoms with E-state index in [0.29, 0.717) is 23.5 Å². The molecule has 1 amide bonds. The maximum atomic E-state index is 13.1. The predicted molar refractivity (Wildman–Crippen MR) is 106 cm³/mol. The number of carbonyl (C=O) groups excluding carboxylic acids is 1. The van der Waals surface area contributed by atoms with Crippen LogP contribution >= 0.6 is 22.7 Å². The van der Waals surface area contributed by atoms with E-state index in [1.54, 1.807) is 34.4 Å². The van der Waals surface area contributed by atoms with Gasteiger partial charge in [-0.25, -0.2) is 4.98 Å². The van der Waals surface area contributed by atoms with E-state index in [9.17, 15) is 4.79 Å². The third-order valence-electron chi connectivity index (χ3n) is 3.79. The van der Waals surface area contributed by atoms with Crippen molar-refractivity contribution in [2.45, 2.75) is 13.5 Å². The highest BCUT2D eigenvalue weighted by atomic mass is 32.1. The van der Waals surface area contributed by atoms with E-state index < -0.39 is 0 Å². The molecule has 6 heteroatoms. The molecule has 0 saturated carbocycles. The van der Waals surface area contributed by atoms with Gasteiger partial charge in [0.05, 0.1) is 22.2 Å². The molecule has 0 aliphatic heterocycles. The molecule has 0 atom stereocenters. The Morgan fingerprint density at radius 2 is 2.23 bits per heavy atom. The molecule has 0 aliphatic carbocycles. The van der Waals surface area contributed by atoms with Crippen LogP contribution in [0.3, 0.4) is 0 Å². The zero-order valence-corrected chi connectivity index (χ0v) is 15.9. The summed E-state index contributed by atoms with van der Waals surface area (Å²) in [5.41, 5.74) is 2.24. The van der Waals surface area contributed by atoms with Crippen LogP contribution in [-0.4, -0.2) is 22.3 Å². The Bertz CT molecular complexity index is 967. The van der Waals surface area contributed by atoms with Crippen LogP contribution in [0.4, 0.5) is 0 Å². The molecule has 0 spiro atoms. The van der Waals surface area contributed by atoms with Gasteiger partial charge in [-0.15, -0.1) is 29.3 Å². The van der Waals surface area contributed by atoms with Crippen LogP contribution in [0, 0.1) is 18.3 Å². The molecule has 0 saturated heterocycles. The van der Waals surface area contributed by atoms with E-state index in [2.05, 4.69) is 17.6 Å². The molecule has 0 bridgehead atoms. The van der Waals surface area contributed by atoms with Gasteiger partial charge in [0, 0.05) is 13.1 Å². The van der Waals surface area contributed by atoms with E-state index in [1.165, 1.54) is 11.3 Å². The number of carbonyl (C=O) groups is 1. The number of thiazole rings is 1. The maximum absolute atomic E-state index is 13.1. The highest BCUT2D eigenvalue weighted by Gasteiger charge is 2.22. The van der Waals surface area contributed by atoms with E-state index in [0.717, 1.165) is 21.1 Å². The largest absolute Gasteiger partial charge is 0.330 e. The SMILES string of the molecule is C=CCN(Cc1cccc(C#N)c1)C(=O)c1sc(-c2cccs2)nc1C. The topological polar surface area (TPSA) is 57.0 Å². The summed E-state index contributed by atoms with van der Waals surface area (Å²) in [5.74, 6) is -0.0648. The van der Waals surface area contributed by atoms with E-state index in [-0.39, 0.29) is 5.91 Å². The summed E-state index contributed by atoms with van der Waals surface area (Å²) < 4.78 is 0. The molecule has 2 heterocycles. The van der Waals surface area contributed by atoms with E-state index in [1.807, 2.05) is 36.6 Å². The summed E-state index contributed by atoms with van der Waals surface area (Å²) >= 11 is 3.03. The molecule has 26 heavy (non-hydrogen) atoms. The molecule has 0 N–H and O–H groups in total. The first-order valence-corrected chi connectivity index (χ1v) is 9.72. The third kappa shape index (κ3) is 3.90. The van der Waals surface area contributed by atoms with Crippen molar-refractivity contribution in [1.29, 1.82) is 5.26 Å². The number of hydrogen-bond donors (Lipinski definition) is 0. The Hall–Kier alpha value is -2.75. The maximum Gasteiger partial charge on any atom is 0.266 e. The number of nitriles is 1. The van der Waals surface area contributed by atoms with Crippen molar-refractivity contribution in [3.8, 4) is 16.0 Å². The second-order valence-electron chi connectivity index (χ2n) is 5.70. The molecule has 130 valence electrons. The zero-order valence-electron chi connectivity index (χ0n) is 14.3. The van der Waals surface area contributed by atoms with Crippen LogP contribution in [0.15, 0.2) is 54.4 Å². The van der Waals surface area contributed by atoms with Crippen molar-refractivity contribution < 1.29 is 4.79 Å². The minimum Gasteiger partial charge on any atom is -0.330 e. The fourth-order valence-electron chi connectivity index (χ4n) is 2.58. The lowest BCUT2D eigenvalue weighted by atomic mass is 10.1.